The molecule has 1 heterocycles. The van der Waals surface area contributed by atoms with E-state index in [-0.39, 0.29) is 29.9 Å². The molecule has 0 spiro atoms. The Bertz CT molecular complexity index is 254. The van der Waals surface area contributed by atoms with Gasteiger partial charge in [0.1, 0.15) is 29.9 Å². The topological polar surface area (TPSA) is 46.2 Å². The molecule has 120 valence electrons. The molecule has 5 nitrogen and oxygen atoms in total. The Morgan fingerprint density at radius 1 is 0.950 bits per heavy atom. The Morgan fingerprint density at radius 3 is 2.10 bits per heavy atom. The van der Waals surface area contributed by atoms with Crippen molar-refractivity contribution >= 4 is 11.8 Å². The normalized spacial score (nSPS) is 34.4. The van der Waals surface area contributed by atoms with Crippen LogP contribution in [0.5, 0.6) is 0 Å². The summed E-state index contributed by atoms with van der Waals surface area (Å²) in [5.41, 5.74) is -0.0527. The molecule has 0 saturated carbocycles. The van der Waals surface area contributed by atoms with Gasteiger partial charge in [0, 0.05) is 28.4 Å². The van der Waals surface area contributed by atoms with Crippen molar-refractivity contribution in [1.29, 1.82) is 0 Å². The van der Waals surface area contributed by atoms with E-state index < -0.39 is 0 Å². The van der Waals surface area contributed by atoms with E-state index in [4.69, 9.17) is 23.7 Å². The van der Waals surface area contributed by atoms with Gasteiger partial charge < -0.3 is 23.7 Å². The molecule has 0 aromatic heterocycles. The Kier molecular flexibility index (Phi) is 9.08. The minimum Gasteiger partial charge on any atom is -0.382 e. The number of rotatable bonds is 9. The van der Waals surface area contributed by atoms with Crippen molar-refractivity contribution in [2.24, 2.45) is 0 Å². The molecule has 0 bridgehead atoms. The third kappa shape index (κ3) is 4.58. The molecule has 1 rings (SSSR count). The van der Waals surface area contributed by atoms with Crippen LogP contribution in [0, 0.1) is 0 Å². The van der Waals surface area contributed by atoms with Crippen LogP contribution in [-0.4, -0.2) is 70.7 Å². The van der Waals surface area contributed by atoms with E-state index in [0.29, 0.717) is 6.61 Å². The van der Waals surface area contributed by atoms with E-state index in [9.17, 15) is 0 Å². The lowest BCUT2D eigenvalue weighted by Crippen LogP contribution is -2.59. The fourth-order valence-electron chi connectivity index (χ4n) is 2.46. The van der Waals surface area contributed by atoms with Crippen molar-refractivity contribution in [3.63, 3.8) is 0 Å². The van der Waals surface area contributed by atoms with E-state index >= 15 is 0 Å². The van der Waals surface area contributed by atoms with Gasteiger partial charge in [-0.3, -0.25) is 0 Å². The van der Waals surface area contributed by atoms with Gasteiger partial charge in [-0.25, -0.2) is 0 Å². The molecule has 20 heavy (non-hydrogen) atoms. The molecular weight excluding hydrogens is 280 g/mol. The second-order valence-electron chi connectivity index (χ2n) is 4.82. The highest BCUT2D eigenvalue weighted by Crippen LogP contribution is 2.33. The molecule has 0 aromatic rings. The van der Waals surface area contributed by atoms with Crippen molar-refractivity contribution in [3.05, 3.63) is 0 Å². The molecule has 0 radical (unpaired) electrons. The summed E-state index contributed by atoms with van der Waals surface area (Å²) in [6.07, 6.45) is 1.72. The van der Waals surface area contributed by atoms with Crippen LogP contribution in [0.2, 0.25) is 0 Å². The van der Waals surface area contributed by atoms with E-state index in [1.54, 1.807) is 40.2 Å². The first kappa shape index (κ1) is 18.2. The van der Waals surface area contributed by atoms with Gasteiger partial charge in [-0.2, -0.15) is 0 Å². The van der Waals surface area contributed by atoms with E-state index in [2.05, 4.69) is 6.92 Å². The Morgan fingerprint density at radius 2 is 1.60 bits per heavy atom. The van der Waals surface area contributed by atoms with E-state index in [0.717, 1.165) is 5.75 Å². The maximum absolute atomic E-state index is 6.12. The molecule has 1 aliphatic rings. The Labute approximate surface area is 126 Å². The van der Waals surface area contributed by atoms with Crippen LogP contribution < -0.4 is 0 Å². The van der Waals surface area contributed by atoms with E-state index in [1.807, 2.05) is 0 Å². The zero-order valence-corrected chi connectivity index (χ0v) is 14.0. The number of unbranched alkanes of at least 4 members (excludes halogenated alkanes) is 1. The first-order chi connectivity index (χ1) is 9.73. The van der Waals surface area contributed by atoms with Gasteiger partial charge in [-0.05, 0) is 12.2 Å². The van der Waals surface area contributed by atoms with Gasteiger partial charge in [0.2, 0.25) is 0 Å². The zero-order chi connectivity index (χ0) is 15.0. The fraction of sp³-hybridized carbons (Fsp3) is 1.00. The summed E-state index contributed by atoms with van der Waals surface area (Å²) >= 11 is 1.78. The molecule has 1 aliphatic heterocycles. The van der Waals surface area contributed by atoms with Gasteiger partial charge in [0.05, 0.1) is 6.61 Å². The predicted octanol–water partition coefficient (Wildman–Crippen LogP) is 1.94. The summed E-state index contributed by atoms with van der Waals surface area (Å²) in [6, 6.07) is 0. The number of methoxy groups -OCH3 is 4. The lowest BCUT2D eigenvalue weighted by molar-refractivity contribution is -0.229. The van der Waals surface area contributed by atoms with Gasteiger partial charge in [-0.15, -0.1) is 11.8 Å². The smallest absolute Gasteiger partial charge is 0.132 e. The molecule has 1 saturated heterocycles. The number of thioether (sulfide) groups is 1. The average Bonchev–Trinajstić information content (AvgIpc) is 2.47. The molecule has 0 aromatic carbocycles. The lowest BCUT2D eigenvalue weighted by atomic mass is 9.99. The molecule has 0 N–H and O–H groups in total. The highest BCUT2D eigenvalue weighted by atomic mass is 32.2. The van der Waals surface area contributed by atoms with Crippen LogP contribution in [-0.2, 0) is 23.7 Å². The molecule has 1 fully saturated rings. The van der Waals surface area contributed by atoms with Crippen molar-refractivity contribution in [2.45, 2.75) is 49.6 Å². The highest BCUT2D eigenvalue weighted by Gasteiger charge is 2.46. The molecule has 5 atom stereocenters. The monoisotopic (exact) mass is 308 g/mol. The summed E-state index contributed by atoms with van der Waals surface area (Å²) < 4.78 is 28.1. The van der Waals surface area contributed by atoms with Crippen molar-refractivity contribution in [2.75, 3.05) is 40.8 Å². The van der Waals surface area contributed by atoms with Gasteiger partial charge in [0.25, 0.3) is 0 Å². The van der Waals surface area contributed by atoms with Crippen molar-refractivity contribution in [1.82, 2.24) is 0 Å². The first-order valence-corrected chi connectivity index (χ1v) is 8.12. The maximum Gasteiger partial charge on any atom is 0.132 e. The summed E-state index contributed by atoms with van der Waals surface area (Å²) in [5.74, 6) is 1.05. The minimum atomic E-state index is -0.187. The number of hydrogen-bond acceptors (Lipinski definition) is 6. The van der Waals surface area contributed by atoms with Crippen molar-refractivity contribution in [3.8, 4) is 0 Å². The summed E-state index contributed by atoms with van der Waals surface area (Å²) in [4.78, 5) is 0. The lowest BCUT2D eigenvalue weighted by Gasteiger charge is -2.44. The van der Waals surface area contributed by atoms with Gasteiger partial charge in [0.15, 0.2) is 0 Å². The highest BCUT2D eigenvalue weighted by molar-refractivity contribution is 7.99. The van der Waals surface area contributed by atoms with Crippen LogP contribution >= 0.6 is 11.8 Å². The molecule has 0 amide bonds. The molecule has 0 unspecified atom stereocenters. The summed E-state index contributed by atoms with van der Waals surface area (Å²) in [6.45, 7) is 2.67. The predicted molar refractivity (Wildman–Crippen MR) is 80.3 cm³/mol. The summed E-state index contributed by atoms with van der Waals surface area (Å²) in [7, 11) is 6.71. The third-order valence-corrected chi connectivity index (χ3v) is 4.75. The van der Waals surface area contributed by atoms with Crippen molar-refractivity contribution < 1.29 is 23.7 Å². The number of ether oxygens (including phenoxy) is 5. The molecule has 0 aliphatic carbocycles. The average molecular weight is 308 g/mol. The largest absolute Gasteiger partial charge is 0.382 e. The second-order valence-corrected chi connectivity index (χ2v) is 6.03. The second kappa shape index (κ2) is 9.97. The zero-order valence-electron chi connectivity index (χ0n) is 13.2. The fourth-order valence-corrected chi connectivity index (χ4v) is 3.82. The van der Waals surface area contributed by atoms with Crippen LogP contribution in [0.15, 0.2) is 0 Å². The third-order valence-electron chi connectivity index (χ3n) is 3.52. The summed E-state index contributed by atoms with van der Waals surface area (Å²) in [5, 5.41) is 0. The van der Waals surface area contributed by atoms with Crippen LogP contribution in [0.1, 0.15) is 19.8 Å². The molecular formula is C14H28O5S. The quantitative estimate of drug-likeness (QED) is 0.607. The molecule has 6 heteroatoms. The van der Waals surface area contributed by atoms with E-state index in [1.165, 1.54) is 12.8 Å². The van der Waals surface area contributed by atoms with Crippen LogP contribution in [0.25, 0.3) is 0 Å². The maximum atomic E-state index is 6.12. The SMILES string of the molecule is CCCCS[C@@H]1O[C@H](COC)[C@@H](OC)[C@H](OC)[C@@H]1OC. The minimum absolute atomic E-state index is 0.0527. The first-order valence-electron chi connectivity index (χ1n) is 7.07. The Balaban J connectivity index is 2.77. The van der Waals surface area contributed by atoms with Crippen LogP contribution in [0.4, 0.5) is 0 Å². The van der Waals surface area contributed by atoms with Crippen LogP contribution in [0.3, 0.4) is 0 Å². The Hall–Kier alpha value is 0.150. The standard InChI is InChI=1S/C14H28O5S/c1-6-7-8-20-14-13(18-5)12(17-4)11(16-3)10(19-14)9-15-2/h10-14H,6-9H2,1-5H3/t10-,11-,12+,13+,14+/m1/s1. The van der Waals surface area contributed by atoms with Gasteiger partial charge in [-0.1, -0.05) is 13.3 Å². The van der Waals surface area contributed by atoms with Gasteiger partial charge >= 0.3 is 0 Å². The number of hydrogen-bond donors (Lipinski definition) is 0.